The van der Waals surface area contributed by atoms with E-state index in [1.54, 1.807) is 30.9 Å². The number of anilines is 1. The first-order valence-corrected chi connectivity index (χ1v) is 7.99. The molecule has 0 aliphatic carbocycles. The van der Waals surface area contributed by atoms with Crippen molar-refractivity contribution in [1.29, 1.82) is 0 Å². The number of hydrogen-bond donors (Lipinski definition) is 3. The van der Waals surface area contributed by atoms with Crippen molar-refractivity contribution >= 4 is 5.69 Å². The van der Waals surface area contributed by atoms with Crippen LogP contribution in [-0.4, -0.2) is 15.1 Å². The maximum absolute atomic E-state index is 10.4. The Bertz CT molecular complexity index is 769. The molecule has 6 nitrogen and oxygen atoms in total. The summed E-state index contributed by atoms with van der Waals surface area (Å²) in [5.74, 6) is 0. The molecule has 0 aliphatic rings. The highest BCUT2D eigenvalue weighted by molar-refractivity contribution is 5.50. The van der Waals surface area contributed by atoms with Crippen molar-refractivity contribution in [3.8, 4) is 0 Å². The summed E-state index contributed by atoms with van der Waals surface area (Å²) in [5.41, 5.74) is 6.18. The van der Waals surface area contributed by atoms with E-state index in [2.05, 4.69) is 20.8 Å². The molecule has 25 heavy (non-hydrogen) atoms. The fourth-order valence-electron chi connectivity index (χ4n) is 2.33. The molecule has 0 saturated carbocycles. The van der Waals surface area contributed by atoms with Crippen LogP contribution < -0.4 is 10.8 Å². The molecule has 1 atom stereocenters. The van der Waals surface area contributed by atoms with Crippen LogP contribution >= 0.6 is 0 Å². The number of nitrogens with zero attached hydrogens (tertiary/aromatic N) is 2. The zero-order valence-electron chi connectivity index (χ0n) is 13.7. The van der Waals surface area contributed by atoms with E-state index in [0.717, 1.165) is 16.8 Å². The number of hydrogen-bond acceptors (Lipinski definition) is 6. The molecule has 3 N–H and O–H groups in total. The lowest BCUT2D eigenvalue weighted by Gasteiger charge is -2.17. The number of nitrogens with one attached hydrogen (secondary N) is 2. The fourth-order valence-corrected chi connectivity index (χ4v) is 2.33. The Morgan fingerprint density at radius 3 is 2.48 bits per heavy atom. The van der Waals surface area contributed by atoms with Crippen molar-refractivity contribution < 1.29 is 9.94 Å². The minimum absolute atomic E-state index is 0.364. The molecule has 2 heterocycles. The van der Waals surface area contributed by atoms with Crippen LogP contribution in [0.4, 0.5) is 5.69 Å². The van der Waals surface area contributed by atoms with Crippen LogP contribution in [0.15, 0.2) is 73.3 Å². The maximum Gasteiger partial charge on any atom is 0.154 e. The Morgan fingerprint density at radius 2 is 1.68 bits per heavy atom. The topological polar surface area (TPSA) is 79.3 Å². The summed E-state index contributed by atoms with van der Waals surface area (Å²) in [5, 5.41) is 13.6. The van der Waals surface area contributed by atoms with Crippen LogP contribution in [0.5, 0.6) is 0 Å². The molecular weight excluding hydrogens is 316 g/mol. The Kier molecular flexibility index (Phi) is 6.06. The average molecular weight is 336 g/mol. The number of pyridine rings is 2. The van der Waals surface area contributed by atoms with E-state index in [1.165, 1.54) is 0 Å². The van der Waals surface area contributed by atoms with Crippen LogP contribution in [-0.2, 0) is 18.0 Å². The van der Waals surface area contributed by atoms with Gasteiger partial charge in [-0.1, -0.05) is 30.3 Å². The van der Waals surface area contributed by atoms with Crippen molar-refractivity contribution in [1.82, 2.24) is 15.4 Å². The molecule has 3 aromatic rings. The molecule has 0 radical (unpaired) electrons. The Hall–Kier alpha value is -2.80. The molecule has 0 spiro atoms. The fraction of sp³-hybridized carbons (Fsp3) is 0.158. The zero-order chi connectivity index (χ0) is 17.3. The molecule has 0 aliphatic heterocycles. The molecule has 0 amide bonds. The van der Waals surface area contributed by atoms with Gasteiger partial charge in [0.05, 0.1) is 18.5 Å². The summed E-state index contributed by atoms with van der Waals surface area (Å²) in [4.78, 5) is 13.5. The van der Waals surface area contributed by atoms with E-state index in [-0.39, 0.29) is 0 Å². The number of rotatable bonds is 8. The van der Waals surface area contributed by atoms with E-state index < -0.39 is 6.23 Å². The highest BCUT2D eigenvalue weighted by Gasteiger charge is 2.12. The van der Waals surface area contributed by atoms with Gasteiger partial charge in [0.1, 0.15) is 0 Å². The SMILES string of the molecule is OC(NOCc1ccccc1)c1ccncc1NCc1ccncc1. The van der Waals surface area contributed by atoms with Crippen molar-refractivity contribution in [2.24, 2.45) is 0 Å². The summed E-state index contributed by atoms with van der Waals surface area (Å²) in [7, 11) is 0. The van der Waals surface area contributed by atoms with Gasteiger partial charge in [-0.15, -0.1) is 0 Å². The van der Waals surface area contributed by atoms with Gasteiger partial charge in [0, 0.05) is 30.7 Å². The second kappa shape index (κ2) is 8.89. The Labute approximate surface area is 146 Å². The minimum Gasteiger partial charge on any atom is -0.379 e. The first kappa shape index (κ1) is 17.0. The molecule has 3 rings (SSSR count). The van der Waals surface area contributed by atoms with Gasteiger partial charge in [-0.05, 0) is 29.3 Å². The minimum atomic E-state index is -0.966. The van der Waals surface area contributed by atoms with Crippen LogP contribution in [0.3, 0.4) is 0 Å². The van der Waals surface area contributed by atoms with Crippen LogP contribution in [0.25, 0.3) is 0 Å². The molecule has 1 aromatic carbocycles. The molecule has 128 valence electrons. The van der Waals surface area contributed by atoms with E-state index in [0.29, 0.717) is 18.7 Å². The van der Waals surface area contributed by atoms with Crippen LogP contribution in [0.2, 0.25) is 0 Å². The number of aliphatic hydroxyl groups excluding tert-OH is 1. The molecule has 2 aromatic heterocycles. The summed E-state index contributed by atoms with van der Waals surface area (Å²) in [6.07, 6.45) is 5.84. The summed E-state index contributed by atoms with van der Waals surface area (Å²) < 4.78 is 0. The molecule has 0 bridgehead atoms. The number of aromatic nitrogens is 2. The van der Waals surface area contributed by atoms with Gasteiger partial charge in [-0.25, -0.2) is 0 Å². The third kappa shape index (κ3) is 5.09. The summed E-state index contributed by atoms with van der Waals surface area (Å²) in [6.45, 7) is 0.974. The maximum atomic E-state index is 10.4. The quantitative estimate of drug-likeness (QED) is 0.434. The van der Waals surface area contributed by atoms with Gasteiger partial charge in [0.25, 0.3) is 0 Å². The summed E-state index contributed by atoms with van der Waals surface area (Å²) in [6, 6.07) is 15.4. The smallest absolute Gasteiger partial charge is 0.154 e. The third-order valence-electron chi connectivity index (χ3n) is 3.66. The van der Waals surface area contributed by atoms with Gasteiger partial charge in [0.2, 0.25) is 0 Å². The van der Waals surface area contributed by atoms with Gasteiger partial charge in [0.15, 0.2) is 6.23 Å². The van der Waals surface area contributed by atoms with Gasteiger partial charge >= 0.3 is 0 Å². The second-order valence-corrected chi connectivity index (χ2v) is 5.47. The van der Waals surface area contributed by atoms with E-state index in [9.17, 15) is 5.11 Å². The van der Waals surface area contributed by atoms with Crippen molar-refractivity contribution in [2.75, 3.05) is 5.32 Å². The van der Waals surface area contributed by atoms with E-state index >= 15 is 0 Å². The predicted molar refractivity (Wildman–Crippen MR) is 95.1 cm³/mol. The molecule has 0 fully saturated rings. The van der Waals surface area contributed by atoms with Gasteiger partial charge < -0.3 is 10.4 Å². The second-order valence-electron chi connectivity index (χ2n) is 5.47. The van der Waals surface area contributed by atoms with Gasteiger partial charge in [-0.3, -0.25) is 14.8 Å². The highest BCUT2D eigenvalue weighted by atomic mass is 16.7. The molecule has 6 heteroatoms. The first-order chi connectivity index (χ1) is 12.3. The molecule has 1 unspecified atom stereocenters. The lowest BCUT2D eigenvalue weighted by Crippen LogP contribution is -2.22. The van der Waals surface area contributed by atoms with Crippen molar-refractivity contribution in [2.45, 2.75) is 19.4 Å². The Balaban J connectivity index is 1.57. The molecule has 0 saturated heterocycles. The zero-order valence-corrected chi connectivity index (χ0v) is 13.7. The first-order valence-electron chi connectivity index (χ1n) is 7.99. The average Bonchev–Trinajstić information content (AvgIpc) is 2.68. The number of hydroxylamine groups is 1. The van der Waals surface area contributed by atoms with Crippen LogP contribution in [0, 0.1) is 0 Å². The summed E-state index contributed by atoms with van der Waals surface area (Å²) >= 11 is 0. The predicted octanol–water partition coefficient (Wildman–Crippen LogP) is 2.80. The van der Waals surface area contributed by atoms with E-state index in [1.807, 2.05) is 42.5 Å². The Morgan fingerprint density at radius 1 is 0.920 bits per heavy atom. The number of benzene rings is 1. The standard InChI is InChI=1S/C19H20N4O2/c24-19(23-25-14-16-4-2-1-3-5-16)17-8-11-21-13-18(17)22-12-15-6-9-20-10-7-15/h1-11,13,19,22-24H,12,14H2. The highest BCUT2D eigenvalue weighted by Crippen LogP contribution is 2.20. The monoisotopic (exact) mass is 336 g/mol. The van der Waals surface area contributed by atoms with Gasteiger partial charge in [-0.2, -0.15) is 5.48 Å². The largest absolute Gasteiger partial charge is 0.379 e. The lowest BCUT2D eigenvalue weighted by molar-refractivity contribution is -0.0669. The normalized spacial score (nSPS) is 11.9. The van der Waals surface area contributed by atoms with Crippen molar-refractivity contribution in [3.05, 3.63) is 90.0 Å². The van der Waals surface area contributed by atoms with E-state index in [4.69, 9.17) is 4.84 Å². The third-order valence-corrected chi connectivity index (χ3v) is 3.66. The van der Waals surface area contributed by atoms with Crippen LogP contribution in [0.1, 0.15) is 22.9 Å². The molecular formula is C19H20N4O2. The number of aliphatic hydroxyl groups is 1. The van der Waals surface area contributed by atoms with Crippen molar-refractivity contribution in [3.63, 3.8) is 0 Å². The lowest BCUT2D eigenvalue weighted by atomic mass is 10.2.